The molecule has 0 saturated heterocycles. The molecule has 0 bridgehead atoms. The van der Waals surface area contributed by atoms with Crippen LogP contribution in [0.5, 0.6) is 0 Å². The minimum absolute atomic E-state index is 0.226. The Morgan fingerprint density at radius 2 is 2.25 bits per heavy atom. The molecule has 20 heavy (non-hydrogen) atoms. The van der Waals surface area contributed by atoms with Gasteiger partial charge >= 0.3 is 5.97 Å². The van der Waals surface area contributed by atoms with Crippen molar-refractivity contribution in [1.82, 2.24) is 4.98 Å². The second kappa shape index (κ2) is 6.95. The summed E-state index contributed by atoms with van der Waals surface area (Å²) in [5.41, 5.74) is 1.54. The lowest BCUT2D eigenvalue weighted by Crippen LogP contribution is -2.05. The van der Waals surface area contributed by atoms with Crippen LogP contribution in [0.1, 0.15) is 19.0 Å². The van der Waals surface area contributed by atoms with Crippen molar-refractivity contribution in [2.75, 3.05) is 6.61 Å². The summed E-state index contributed by atoms with van der Waals surface area (Å²) in [4.78, 5) is 15.7. The number of aryl methyl sites for hydroxylation is 1. The molecule has 0 amide bonds. The molecule has 0 aliphatic heterocycles. The van der Waals surface area contributed by atoms with Crippen LogP contribution < -0.4 is 0 Å². The second-order valence-corrected chi connectivity index (χ2v) is 5.88. The van der Waals surface area contributed by atoms with E-state index in [1.54, 1.807) is 6.92 Å². The van der Waals surface area contributed by atoms with Crippen LogP contribution >= 0.6 is 27.3 Å². The first-order chi connectivity index (χ1) is 9.58. The third-order valence-electron chi connectivity index (χ3n) is 2.55. The third kappa shape index (κ3) is 4.11. The van der Waals surface area contributed by atoms with Crippen molar-refractivity contribution in [2.24, 2.45) is 0 Å². The first-order valence-corrected chi connectivity index (χ1v) is 7.82. The van der Waals surface area contributed by atoms with E-state index in [0.717, 1.165) is 16.3 Å². The van der Waals surface area contributed by atoms with Gasteiger partial charge in [0, 0.05) is 21.8 Å². The molecule has 1 aromatic carbocycles. The fraction of sp³-hybridized carbons (Fsp3) is 0.286. The van der Waals surface area contributed by atoms with E-state index in [2.05, 4.69) is 20.9 Å². The summed E-state index contributed by atoms with van der Waals surface area (Å²) in [7, 11) is 0. The molecular weight excluding hydrogens is 345 g/mol. The quantitative estimate of drug-likeness (QED) is 0.752. The van der Waals surface area contributed by atoms with Gasteiger partial charge in [-0.25, -0.2) is 9.37 Å². The summed E-state index contributed by atoms with van der Waals surface area (Å²) in [5.74, 6) is -0.534. The molecule has 1 aromatic heterocycles. The molecule has 2 aromatic rings. The largest absolute Gasteiger partial charge is 0.466 e. The average molecular weight is 358 g/mol. The van der Waals surface area contributed by atoms with E-state index < -0.39 is 0 Å². The lowest BCUT2D eigenvalue weighted by Gasteiger charge is -2.00. The number of nitrogens with zero attached hydrogens (tertiary/aromatic N) is 1. The molecule has 6 heteroatoms. The second-order valence-electron chi connectivity index (χ2n) is 4.11. The lowest BCUT2D eigenvalue weighted by molar-refractivity contribution is -0.143. The number of thiazole rings is 1. The van der Waals surface area contributed by atoms with Gasteiger partial charge in [-0.1, -0.05) is 15.9 Å². The predicted octanol–water partition coefficient (Wildman–Crippen LogP) is 4.21. The first kappa shape index (κ1) is 15.1. The van der Waals surface area contributed by atoms with E-state index in [1.807, 2.05) is 11.4 Å². The van der Waals surface area contributed by atoms with Gasteiger partial charge in [-0.15, -0.1) is 11.3 Å². The van der Waals surface area contributed by atoms with Crippen LogP contribution in [0.2, 0.25) is 0 Å². The highest BCUT2D eigenvalue weighted by Crippen LogP contribution is 2.27. The summed E-state index contributed by atoms with van der Waals surface area (Å²) >= 11 is 4.69. The van der Waals surface area contributed by atoms with E-state index in [0.29, 0.717) is 23.9 Å². The molecule has 0 atom stereocenters. The monoisotopic (exact) mass is 357 g/mol. The van der Waals surface area contributed by atoms with Crippen molar-refractivity contribution in [3.05, 3.63) is 39.6 Å². The lowest BCUT2D eigenvalue weighted by atomic mass is 10.2. The summed E-state index contributed by atoms with van der Waals surface area (Å²) in [6.45, 7) is 2.17. The Hall–Kier alpha value is -1.27. The number of benzene rings is 1. The zero-order valence-corrected chi connectivity index (χ0v) is 13.3. The number of ether oxygens (including phenoxy) is 1. The number of esters is 1. The Kier molecular flexibility index (Phi) is 5.25. The zero-order valence-electron chi connectivity index (χ0n) is 10.9. The van der Waals surface area contributed by atoms with Crippen LogP contribution in [0, 0.1) is 5.82 Å². The minimum atomic E-state index is -0.308. The van der Waals surface area contributed by atoms with Gasteiger partial charge in [-0.3, -0.25) is 4.79 Å². The molecule has 2 rings (SSSR count). The molecule has 0 aliphatic carbocycles. The van der Waals surface area contributed by atoms with Gasteiger partial charge in [-0.2, -0.15) is 0 Å². The Labute approximate surface area is 128 Å². The normalized spacial score (nSPS) is 10.6. The fourth-order valence-electron chi connectivity index (χ4n) is 1.69. The van der Waals surface area contributed by atoms with Gasteiger partial charge in [0.05, 0.1) is 18.7 Å². The van der Waals surface area contributed by atoms with Crippen molar-refractivity contribution in [2.45, 2.75) is 19.8 Å². The van der Waals surface area contributed by atoms with Crippen LogP contribution in [0.4, 0.5) is 4.39 Å². The SMILES string of the molecule is CCOC(=O)CCc1csc(-c2cc(F)cc(Br)c2)n1. The predicted molar refractivity (Wildman–Crippen MR) is 80.2 cm³/mol. The topological polar surface area (TPSA) is 39.2 Å². The van der Waals surface area contributed by atoms with Gasteiger partial charge in [0.25, 0.3) is 0 Å². The van der Waals surface area contributed by atoms with Crippen molar-refractivity contribution in [1.29, 1.82) is 0 Å². The Morgan fingerprint density at radius 3 is 2.95 bits per heavy atom. The summed E-state index contributed by atoms with van der Waals surface area (Å²) in [5, 5.41) is 2.62. The van der Waals surface area contributed by atoms with Crippen molar-refractivity contribution in [3.63, 3.8) is 0 Å². The Balaban J connectivity index is 2.06. The Morgan fingerprint density at radius 1 is 1.45 bits per heavy atom. The first-order valence-electron chi connectivity index (χ1n) is 6.15. The smallest absolute Gasteiger partial charge is 0.306 e. The summed E-state index contributed by atoms with van der Waals surface area (Å²) < 4.78 is 18.9. The number of hydrogen-bond acceptors (Lipinski definition) is 4. The van der Waals surface area contributed by atoms with Crippen LogP contribution in [0.15, 0.2) is 28.1 Å². The highest BCUT2D eigenvalue weighted by atomic mass is 79.9. The van der Waals surface area contributed by atoms with E-state index in [9.17, 15) is 9.18 Å². The molecule has 106 valence electrons. The fourth-order valence-corrected chi connectivity index (χ4v) is 3.00. The number of hydrogen-bond donors (Lipinski definition) is 0. The van der Waals surface area contributed by atoms with Gasteiger partial charge < -0.3 is 4.74 Å². The van der Waals surface area contributed by atoms with Crippen LogP contribution in [-0.4, -0.2) is 17.6 Å². The van der Waals surface area contributed by atoms with Crippen LogP contribution in [0.3, 0.4) is 0 Å². The molecule has 0 N–H and O–H groups in total. The van der Waals surface area contributed by atoms with Crippen molar-refractivity contribution < 1.29 is 13.9 Å². The zero-order chi connectivity index (χ0) is 14.5. The number of carbonyl (C=O) groups excluding carboxylic acids is 1. The van der Waals surface area contributed by atoms with Gasteiger partial charge in [-0.05, 0) is 25.1 Å². The molecule has 0 spiro atoms. The Bertz CT molecular complexity index is 595. The molecule has 0 saturated carbocycles. The third-order valence-corrected chi connectivity index (χ3v) is 3.95. The van der Waals surface area contributed by atoms with Crippen LogP contribution in [0.25, 0.3) is 10.6 Å². The minimum Gasteiger partial charge on any atom is -0.466 e. The van der Waals surface area contributed by atoms with E-state index >= 15 is 0 Å². The van der Waals surface area contributed by atoms with E-state index in [1.165, 1.54) is 23.5 Å². The number of carbonyl (C=O) groups is 1. The van der Waals surface area contributed by atoms with E-state index in [4.69, 9.17) is 4.74 Å². The molecule has 1 heterocycles. The average Bonchev–Trinajstić information content (AvgIpc) is 2.84. The molecule has 3 nitrogen and oxygen atoms in total. The van der Waals surface area contributed by atoms with Gasteiger partial charge in [0.2, 0.25) is 0 Å². The van der Waals surface area contributed by atoms with Crippen molar-refractivity contribution >= 4 is 33.2 Å². The molecule has 0 unspecified atom stereocenters. The number of halogens is 2. The standard InChI is InChI=1S/C14H13BrFNO2S/c1-2-19-13(18)4-3-12-8-20-14(17-12)9-5-10(15)7-11(16)6-9/h5-8H,2-4H2,1H3. The molecular formula is C14H13BrFNO2S. The maximum Gasteiger partial charge on any atom is 0.306 e. The van der Waals surface area contributed by atoms with Gasteiger partial charge in [0.1, 0.15) is 10.8 Å². The van der Waals surface area contributed by atoms with Crippen molar-refractivity contribution in [3.8, 4) is 10.6 Å². The van der Waals surface area contributed by atoms with Gasteiger partial charge in [0.15, 0.2) is 0 Å². The molecule has 0 fully saturated rings. The maximum absolute atomic E-state index is 13.3. The summed E-state index contributed by atoms with van der Waals surface area (Å²) in [6, 6.07) is 4.66. The number of aromatic nitrogens is 1. The highest BCUT2D eigenvalue weighted by Gasteiger charge is 2.09. The highest BCUT2D eigenvalue weighted by molar-refractivity contribution is 9.10. The van der Waals surface area contributed by atoms with Crippen LogP contribution in [-0.2, 0) is 16.0 Å². The molecule has 0 aliphatic rings. The molecule has 0 radical (unpaired) electrons. The number of rotatable bonds is 5. The summed E-state index contributed by atoms with van der Waals surface area (Å²) in [6.07, 6.45) is 0.843. The maximum atomic E-state index is 13.3. The van der Waals surface area contributed by atoms with E-state index in [-0.39, 0.29) is 11.8 Å².